The summed E-state index contributed by atoms with van der Waals surface area (Å²) in [5.74, 6) is 1.40. The van der Waals surface area contributed by atoms with Gasteiger partial charge in [-0.25, -0.2) is 0 Å². The normalized spacial score (nSPS) is 58.2. The van der Waals surface area contributed by atoms with Gasteiger partial charge >= 0.3 is 5.97 Å². The molecule has 4 unspecified atom stereocenters. The molecule has 1 aliphatic heterocycles. The van der Waals surface area contributed by atoms with Crippen molar-refractivity contribution >= 4 is 5.97 Å². The maximum Gasteiger partial charge on any atom is 0.312 e. The first-order valence-electron chi connectivity index (χ1n) is 5.27. The number of hydrogen-bond acceptors (Lipinski definition) is 2. The van der Waals surface area contributed by atoms with Gasteiger partial charge in [-0.15, -0.1) is 0 Å². The maximum atomic E-state index is 11.8. The minimum absolute atomic E-state index is 0.0715. The van der Waals surface area contributed by atoms with Gasteiger partial charge in [0.05, 0.1) is 12.0 Å². The molecule has 3 rings (SSSR count). The zero-order chi connectivity index (χ0) is 9.27. The van der Waals surface area contributed by atoms with Crippen LogP contribution in [-0.4, -0.2) is 12.6 Å². The molecule has 2 aliphatic carbocycles. The first kappa shape index (κ1) is 7.84. The predicted octanol–water partition coefficient (Wildman–Crippen LogP) is 1.99. The zero-order valence-electron chi connectivity index (χ0n) is 8.30. The molecule has 1 spiro atoms. The predicted molar refractivity (Wildman–Crippen MR) is 48.0 cm³/mol. The summed E-state index contributed by atoms with van der Waals surface area (Å²) in [6.07, 6.45) is 3.76. The van der Waals surface area contributed by atoms with Crippen molar-refractivity contribution in [3.8, 4) is 0 Å². The fourth-order valence-corrected chi connectivity index (χ4v) is 4.06. The summed E-state index contributed by atoms with van der Waals surface area (Å²) in [5.41, 5.74) is 0.0874. The monoisotopic (exact) mass is 180 g/mol. The molecule has 2 heteroatoms. The Morgan fingerprint density at radius 3 is 3.00 bits per heavy atom. The summed E-state index contributed by atoms with van der Waals surface area (Å²) in [5, 5.41) is 0. The summed E-state index contributed by atoms with van der Waals surface area (Å²) < 4.78 is 5.28. The van der Waals surface area contributed by atoms with E-state index in [1.54, 1.807) is 0 Å². The van der Waals surface area contributed by atoms with Crippen molar-refractivity contribution in [2.75, 3.05) is 6.61 Å². The molecule has 0 aromatic carbocycles. The van der Waals surface area contributed by atoms with Gasteiger partial charge in [0.25, 0.3) is 0 Å². The van der Waals surface area contributed by atoms with Crippen LogP contribution in [0, 0.1) is 22.7 Å². The van der Waals surface area contributed by atoms with Gasteiger partial charge < -0.3 is 4.74 Å². The third kappa shape index (κ3) is 0.598. The molecule has 13 heavy (non-hydrogen) atoms. The molecule has 3 aliphatic rings. The number of fused-ring (bicyclic) bond motifs is 1. The molecule has 2 nitrogen and oxygen atoms in total. The van der Waals surface area contributed by atoms with E-state index < -0.39 is 0 Å². The van der Waals surface area contributed by atoms with Gasteiger partial charge in [0.1, 0.15) is 0 Å². The summed E-state index contributed by atoms with van der Waals surface area (Å²) in [6.45, 7) is 5.06. The molecule has 1 saturated heterocycles. The Morgan fingerprint density at radius 1 is 1.54 bits per heavy atom. The summed E-state index contributed by atoms with van der Waals surface area (Å²) in [7, 11) is 0. The number of carbonyl (C=O) groups is 1. The Balaban J connectivity index is 2.14. The first-order valence-corrected chi connectivity index (χ1v) is 5.27. The number of cyclic esters (lactones) is 1. The molecule has 0 radical (unpaired) electrons. The highest BCUT2D eigenvalue weighted by Crippen LogP contribution is 2.69. The highest BCUT2D eigenvalue weighted by molar-refractivity contribution is 5.81. The molecule has 2 saturated carbocycles. The second-order valence-corrected chi connectivity index (χ2v) is 5.35. The Kier molecular flexibility index (Phi) is 1.17. The summed E-state index contributed by atoms with van der Waals surface area (Å²) >= 11 is 0. The largest absolute Gasteiger partial charge is 0.465 e. The van der Waals surface area contributed by atoms with E-state index in [-0.39, 0.29) is 16.8 Å². The van der Waals surface area contributed by atoms with Crippen LogP contribution < -0.4 is 0 Å². The zero-order valence-corrected chi connectivity index (χ0v) is 8.30. The lowest BCUT2D eigenvalue weighted by molar-refractivity contribution is -0.149. The van der Waals surface area contributed by atoms with Gasteiger partial charge in [-0.1, -0.05) is 6.92 Å². The molecular formula is C11H16O2. The van der Waals surface area contributed by atoms with Crippen LogP contribution in [0.4, 0.5) is 0 Å². The lowest BCUT2D eigenvalue weighted by Crippen LogP contribution is -2.41. The topological polar surface area (TPSA) is 26.3 Å². The molecule has 2 bridgehead atoms. The van der Waals surface area contributed by atoms with Crippen molar-refractivity contribution in [3.63, 3.8) is 0 Å². The summed E-state index contributed by atoms with van der Waals surface area (Å²) in [4.78, 5) is 11.8. The fourth-order valence-electron chi connectivity index (χ4n) is 4.06. The van der Waals surface area contributed by atoms with E-state index in [0.29, 0.717) is 12.5 Å². The van der Waals surface area contributed by atoms with E-state index in [1.807, 2.05) is 0 Å². The van der Waals surface area contributed by atoms with E-state index in [2.05, 4.69) is 13.8 Å². The van der Waals surface area contributed by atoms with Crippen LogP contribution in [0.2, 0.25) is 0 Å². The van der Waals surface area contributed by atoms with Gasteiger partial charge in [-0.05, 0) is 38.0 Å². The average molecular weight is 180 g/mol. The standard InChI is InChI=1S/C11H16O2/c1-7-8-3-4-11(5-8)6-13-9(12)10(7,11)2/h7-8H,3-6H2,1-2H3. The molecule has 72 valence electrons. The molecule has 0 N–H and O–H groups in total. The maximum absolute atomic E-state index is 11.8. The first-order chi connectivity index (χ1) is 6.10. The second-order valence-electron chi connectivity index (χ2n) is 5.35. The van der Waals surface area contributed by atoms with E-state index in [0.717, 1.165) is 5.92 Å². The smallest absolute Gasteiger partial charge is 0.312 e. The third-order valence-electron chi connectivity index (χ3n) is 5.27. The number of hydrogen-bond donors (Lipinski definition) is 0. The lowest BCUT2D eigenvalue weighted by Gasteiger charge is -2.37. The van der Waals surface area contributed by atoms with Gasteiger partial charge in [-0.2, -0.15) is 0 Å². The number of rotatable bonds is 0. The third-order valence-corrected chi connectivity index (χ3v) is 5.27. The molecule has 0 aromatic heterocycles. The number of carbonyl (C=O) groups excluding carboxylic acids is 1. The molecule has 3 fully saturated rings. The van der Waals surface area contributed by atoms with Crippen LogP contribution in [0.1, 0.15) is 33.1 Å². The van der Waals surface area contributed by atoms with Crippen molar-refractivity contribution in [1.82, 2.24) is 0 Å². The van der Waals surface area contributed by atoms with Gasteiger partial charge in [0.2, 0.25) is 0 Å². The van der Waals surface area contributed by atoms with Gasteiger partial charge in [-0.3, -0.25) is 4.79 Å². The number of esters is 1. The van der Waals surface area contributed by atoms with E-state index in [9.17, 15) is 4.79 Å². The van der Waals surface area contributed by atoms with Crippen molar-refractivity contribution in [2.45, 2.75) is 33.1 Å². The van der Waals surface area contributed by atoms with Crippen molar-refractivity contribution in [2.24, 2.45) is 22.7 Å². The van der Waals surface area contributed by atoms with Crippen molar-refractivity contribution < 1.29 is 9.53 Å². The molecule has 1 heterocycles. The average Bonchev–Trinajstić information content (AvgIpc) is 2.70. The molecule has 4 atom stereocenters. The Hall–Kier alpha value is -0.530. The second kappa shape index (κ2) is 1.94. The minimum Gasteiger partial charge on any atom is -0.465 e. The van der Waals surface area contributed by atoms with Gasteiger partial charge in [0, 0.05) is 5.41 Å². The fraction of sp³-hybridized carbons (Fsp3) is 0.909. The van der Waals surface area contributed by atoms with Crippen LogP contribution in [0.3, 0.4) is 0 Å². The highest BCUT2D eigenvalue weighted by Gasteiger charge is 2.70. The highest BCUT2D eigenvalue weighted by atomic mass is 16.5. The van der Waals surface area contributed by atoms with E-state index in [1.165, 1.54) is 19.3 Å². The van der Waals surface area contributed by atoms with Crippen LogP contribution in [0.25, 0.3) is 0 Å². The number of ether oxygens (including phenoxy) is 1. The summed E-state index contributed by atoms with van der Waals surface area (Å²) in [6, 6.07) is 0. The Bertz CT molecular complexity index is 286. The molecule has 0 amide bonds. The quantitative estimate of drug-likeness (QED) is 0.533. The van der Waals surface area contributed by atoms with E-state index >= 15 is 0 Å². The van der Waals surface area contributed by atoms with Crippen LogP contribution >= 0.6 is 0 Å². The Morgan fingerprint density at radius 2 is 2.31 bits per heavy atom. The Labute approximate surface area is 78.6 Å². The van der Waals surface area contributed by atoms with Crippen molar-refractivity contribution in [3.05, 3.63) is 0 Å². The van der Waals surface area contributed by atoms with Crippen LogP contribution in [-0.2, 0) is 9.53 Å². The minimum atomic E-state index is -0.143. The lowest BCUT2D eigenvalue weighted by atomic mass is 9.61. The van der Waals surface area contributed by atoms with Crippen LogP contribution in [0.15, 0.2) is 0 Å². The van der Waals surface area contributed by atoms with Crippen molar-refractivity contribution in [1.29, 1.82) is 0 Å². The molecular weight excluding hydrogens is 164 g/mol. The van der Waals surface area contributed by atoms with Gasteiger partial charge in [0.15, 0.2) is 0 Å². The SMILES string of the molecule is CC1C2CCC3(COC(=O)C13C)C2. The van der Waals surface area contributed by atoms with Crippen LogP contribution in [0.5, 0.6) is 0 Å². The molecule has 0 aromatic rings. The van der Waals surface area contributed by atoms with E-state index in [4.69, 9.17) is 4.74 Å².